The van der Waals surface area contributed by atoms with E-state index in [9.17, 15) is 0 Å². The van der Waals surface area contributed by atoms with Crippen molar-refractivity contribution in [2.24, 2.45) is 0 Å². The van der Waals surface area contributed by atoms with E-state index in [0.717, 1.165) is 23.5 Å². The highest BCUT2D eigenvalue weighted by Gasteiger charge is 2.39. The van der Waals surface area contributed by atoms with Gasteiger partial charge in [0.15, 0.2) is 19.7 Å². The monoisotopic (exact) mass is 339 g/mol. The number of nitrogens with one attached hydrogen (secondary N) is 1. The molecule has 0 radical (unpaired) electrons. The molecule has 0 atom stereocenters. The molecule has 0 aliphatic carbocycles. The number of rotatable bonds is 4. The summed E-state index contributed by atoms with van der Waals surface area (Å²) in [4.78, 5) is 13.4. The minimum atomic E-state index is -1.80. The van der Waals surface area contributed by atoms with Crippen LogP contribution in [-0.2, 0) is 6.54 Å². The summed E-state index contributed by atoms with van der Waals surface area (Å²) in [6.07, 6.45) is 3.52. The molecule has 5 nitrogen and oxygen atoms in total. The van der Waals surface area contributed by atoms with Gasteiger partial charge in [0, 0.05) is 6.54 Å². The highest BCUT2D eigenvalue weighted by Crippen LogP contribution is 2.39. The van der Waals surface area contributed by atoms with Gasteiger partial charge >= 0.3 is 0 Å². The van der Waals surface area contributed by atoms with Gasteiger partial charge < -0.3 is 9.55 Å². The molecule has 0 saturated carbocycles. The quantitative estimate of drug-likeness (QED) is 0.720. The Morgan fingerprint density at radius 1 is 1.04 bits per heavy atom. The summed E-state index contributed by atoms with van der Waals surface area (Å²) in [5, 5.41) is 3.67. The highest BCUT2D eigenvalue weighted by atomic mass is 28.3. The van der Waals surface area contributed by atoms with Crippen LogP contribution in [0, 0.1) is 0 Å². The molecule has 0 saturated heterocycles. The van der Waals surface area contributed by atoms with E-state index in [1.54, 1.807) is 6.33 Å². The Labute approximate surface area is 144 Å². The maximum atomic E-state index is 4.52. The van der Waals surface area contributed by atoms with Gasteiger partial charge in [0.25, 0.3) is 0 Å². The summed E-state index contributed by atoms with van der Waals surface area (Å²) in [5.41, 5.74) is 2.99. The molecule has 126 valence electrons. The van der Waals surface area contributed by atoms with Gasteiger partial charge in [0.05, 0.1) is 6.33 Å². The average molecular weight is 340 g/mol. The van der Waals surface area contributed by atoms with Crippen molar-refractivity contribution >= 4 is 25.2 Å². The van der Waals surface area contributed by atoms with Gasteiger partial charge in [-0.1, -0.05) is 64.2 Å². The molecule has 0 aliphatic rings. The van der Waals surface area contributed by atoms with Crippen molar-refractivity contribution in [1.29, 1.82) is 0 Å². The van der Waals surface area contributed by atoms with Crippen LogP contribution in [-0.4, -0.2) is 27.4 Å². The van der Waals surface area contributed by atoms with E-state index < -0.39 is 8.24 Å². The fourth-order valence-electron chi connectivity index (χ4n) is 2.55. The number of aromatic nitrogens is 4. The molecule has 1 N–H and O–H groups in total. The molecule has 2 heterocycles. The molecular weight excluding hydrogens is 314 g/mol. The van der Waals surface area contributed by atoms with E-state index >= 15 is 0 Å². The lowest BCUT2D eigenvalue weighted by Crippen LogP contribution is -2.45. The van der Waals surface area contributed by atoms with Gasteiger partial charge in [0.2, 0.25) is 0 Å². The predicted molar refractivity (Wildman–Crippen MR) is 102 cm³/mol. The maximum absolute atomic E-state index is 4.52. The Balaban J connectivity index is 2.02. The van der Waals surface area contributed by atoms with Crippen LogP contribution < -0.4 is 5.32 Å². The number of imidazole rings is 1. The lowest BCUT2D eigenvalue weighted by atomic mass is 10.2. The normalized spacial score (nSPS) is 12.5. The third-order valence-electron chi connectivity index (χ3n) is 5.08. The third kappa shape index (κ3) is 2.93. The number of nitrogens with zero attached hydrogens (tertiary/aromatic N) is 4. The summed E-state index contributed by atoms with van der Waals surface area (Å²) < 4.78 is 2.33. The van der Waals surface area contributed by atoms with Gasteiger partial charge in [-0.25, -0.2) is 15.0 Å². The summed E-state index contributed by atoms with van der Waals surface area (Å²) in [5.74, 6) is 0.853. The first-order valence-corrected chi connectivity index (χ1v) is 11.2. The molecule has 3 rings (SSSR count). The largest absolute Gasteiger partial charge is 0.364 e. The molecule has 24 heavy (non-hydrogen) atoms. The SMILES string of the molecule is CC(C)(C)[Si](C)(C)n1cnc2ncnc(NCc3ccccc3)c21. The van der Waals surface area contributed by atoms with E-state index in [0.29, 0.717) is 0 Å². The second-order valence-corrected chi connectivity index (χ2v) is 12.8. The van der Waals surface area contributed by atoms with Crippen molar-refractivity contribution in [1.82, 2.24) is 19.2 Å². The maximum Gasteiger partial charge on any atom is 0.182 e. The molecule has 0 spiro atoms. The van der Waals surface area contributed by atoms with Crippen LogP contribution in [0.15, 0.2) is 43.0 Å². The molecule has 0 fully saturated rings. The van der Waals surface area contributed by atoms with E-state index in [1.165, 1.54) is 5.56 Å². The first kappa shape index (κ1) is 16.6. The van der Waals surface area contributed by atoms with Crippen molar-refractivity contribution in [2.75, 3.05) is 5.32 Å². The Bertz CT molecular complexity index is 833. The lowest BCUT2D eigenvalue weighted by molar-refractivity contribution is 0.702. The zero-order chi connectivity index (χ0) is 17.4. The highest BCUT2D eigenvalue weighted by molar-refractivity contribution is 6.79. The Hall–Kier alpha value is -2.21. The lowest BCUT2D eigenvalue weighted by Gasteiger charge is -2.38. The number of fused-ring (bicyclic) bond motifs is 1. The second-order valence-electron chi connectivity index (χ2n) is 7.66. The molecule has 0 aliphatic heterocycles. The van der Waals surface area contributed by atoms with Crippen molar-refractivity contribution in [3.05, 3.63) is 48.5 Å². The fraction of sp³-hybridized carbons (Fsp3) is 0.389. The molecule has 3 aromatic rings. The Kier molecular flexibility index (Phi) is 4.17. The number of hydrogen-bond donors (Lipinski definition) is 1. The number of benzene rings is 1. The van der Waals surface area contributed by atoms with Gasteiger partial charge in [-0.2, -0.15) is 0 Å². The molecular formula is C18H25N5Si. The molecule has 1 aromatic carbocycles. The molecule has 6 heteroatoms. The van der Waals surface area contributed by atoms with Gasteiger partial charge in [-0.15, -0.1) is 0 Å². The minimum absolute atomic E-state index is 0.202. The fourth-order valence-corrected chi connectivity index (χ4v) is 4.39. The topological polar surface area (TPSA) is 55.6 Å². The van der Waals surface area contributed by atoms with E-state index in [4.69, 9.17) is 0 Å². The van der Waals surface area contributed by atoms with Crippen LogP contribution in [0.2, 0.25) is 18.1 Å². The van der Waals surface area contributed by atoms with Crippen LogP contribution in [0.5, 0.6) is 0 Å². The van der Waals surface area contributed by atoms with Gasteiger partial charge in [-0.05, 0) is 10.6 Å². The van der Waals surface area contributed by atoms with E-state index in [1.807, 2.05) is 24.5 Å². The summed E-state index contributed by atoms with van der Waals surface area (Å²) >= 11 is 0. The van der Waals surface area contributed by atoms with Crippen LogP contribution in [0.3, 0.4) is 0 Å². The first-order valence-electron chi connectivity index (χ1n) is 8.27. The zero-order valence-electron chi connectivity index (χ0n) is 15.0. The standard InChI is InChI=1S/C18H25N5Si/c1-18(2,3)24(4,5)23-13-22-17-15(23)16(20-12-21-17)19-11-14-9-7-6-8-10-14/h6-10,12-13H,11H2,1-5H3,(H,19,20,21). The average Bonchev–Trinajstić information content (AvgIpc) is 2.98. The summed E-state index contributed by atoms with van der Waals surface area (Å²) in [6.45, 7) is 12.4. The van der Waals surface area contributed by atoms with Crippen LogP contribution >= 0.6 is 0 Å². The van der Waals surface area contributed by atoms with Crippen molar-refractivity contribution < 1.29 is 0 Å². The Morgan fingerprint density at radius 3 is 2.42 bits per heavy atom. The zero-order valence-corrected chi connectivity index (χ0v) is 16.0. The first-order chi connectivity index (χ1) is 11.3. The minimum Gasteiger partial charge on any atom is -0.364 e. The second kappa shape index (κ2) is 6.01. The van der Waals surface area contributed by atoms with E-state index in [-0.39, 0.29) is 5.04 Å². The van der Waals surface area contributed by atoms with Crippen molar-refractivity contribution in [2.45, 2.75) is 45.4 Å². The molecule has 0 amide bonds. The van der Waals surface area contributed by atoms with Crippen LogP contribution in [0.4, 0.5) is 5.82 Å². The molecule has 0 unspecified atom stereocenters. The van der Waals surface area contributed by atoms with Gasteiger partial charge in [-0.3, -0.25) is 0 Å². The number of anilines is 1. The Morgan fingerprint density at radius 2 is 1.75 bits per heavy atom. The molecule has 0 bridgehead atoms. The van der Waals surface area contributed by atoms with Crippen molar-refractivity contribution in [3.8, 4) is 0 Å². The van der Waals surface area contributed by atoms with E-state index in [2.05, 4.69) is 70.5 Å². The summed E-state index contributed by atoms with van der Waals surface area (Å²) in [6, 6.07) is 10.3. The van der Waals surface area contributed by atoms with Crippen molar-refractivity contribution in [3.63, 3.8) is 0 Å². The third-order valence-corrected chi connectivity index (χ3v) is 10.3. The molecule has 2 aromatic heterocycles. The predicted octanol–water partition coefficient (Wildman–Crippen LogP) is 4.29. The van der Waals surface area contributed by atoms with Gasteiger partial charge in [0.1, 0.15) is 11.8 Å². The summed E-state index contributed by atoms with van der Waals surface area (Å²) in [7, 11) is -1.80. The van der Waals surface area contributed by atoms with Crippen LogP contribution in [0.1, 0.15) is 26.3 Å². The smallest absolute Gasteiger partial charge is 0.182 e. The van der Waals surface area contributed by atoms with Crippen LogP contribution in [0.25, 0.3) is 11.2 Å². The number of hydrogen-bond acceptors (Lipinski definition) is 4.